The van der Waals surface area contributed by atoms with Gasteiger partial charge >= 0.3 is 0 Å². The molecule has 1 aliphatic heterocycles. The maximum absolute atomic E-state index is 11.6. The Hall–Kier alpha value is -1.69. The number of hydrogen-bond donors (Lipinski definition) is 2. The van der Waals surface area contributed by atoms with Crippen LogP contribution in [0.25, 0.3) is 0 Å². The lowest BCUT2D eigenvalue weighted by Crippen LogP contribution is -2.50. The molecule has 1 aromatic heterocycles. The average Bonchev–Trinajstić information content (AvgIpc) is 2.53. The highest BCUT2D eigenvalue weighted by Crippen LogP contribution is 2.13. The molecular formula is C12H18N4O2. The summed E-state index contributed by atoms with van der Waals surface area (Å²) in [5.74, 6) is -0.419. The summed E-state index contributed by atoms with van der Waals surface area (Å²) in [6.45, 7) is 4.55. The number of aromatic nitrogens is 2. The number of imide groups is 1. The zero-order valence-electron chi connectivity index (χ0n) is 10.9. The quantitative estimate of drug-likeness (QED) is 0.736. The first-order valence-corrected chi connectivity index (χ1v) is 6.05. The topological polar surface area (TPSA) is 76.0 Å². The van der Waals surface area contributed by atoms with Gasteiger partial charge in [0, 0.05) is 31.3 Å². The Balaban J connectivity index is 1.99. The minimum absolute atomic E-state index is 0.188. The van der Waals surface area contributed by atoms with Crippen molar-refractivity contribution in [3.8, 4) is 0 Å². The number of nitrogens with zero attached hydrogens (tertiary/aromatic N) is 2. The van der Waals surface area contributed by atoms with Gasteiger partial charge in [0.05, 0.1) is 11.7 Å². The molecule has 0 spiro atoms. The summed E-state index contributed by atoms with van der Waals surface area (Å²) in [6.07, 6.45) is 0.956. The normalized spacial score (nSPS) is 20.1. The molecule has 0 aromatic carbocycles. The number of carbonyl (C=O) groups is 2. The number of carbonyl (C=O) groups excluding carboxylic acids is 2. The number of amides is 2. The van der Waals surface area contributed by atoms with Gasteiger partial charge in [-0.2, -0.15) is 5.10 Å². The minimum Gasteiger partial charge on any atom is -0.302 e. The molecule has 98 valence electrons. The van der Waals surface area contributed by atoms with Gasteiger partial charge < -0.3 is 5.32 Å². The van der Waals surface area contributed by atoms with Crippen LogP contribution >= 0.6 is 0 Å². The van der Waals surface area contributed by atoms with Gasteiger partial charge in [0.25, 0.3) is 0 Å². The molecule has 0 aliphatic carbocycles. The molecule has 1 saturated heterocycles. The Morgan fingerprint density at radius 2 is 2.17 bits per heavy atom. The largest absolute Gasteiger partial charge is 0.302 e. The molecule has 1 atom stereocenters. The molecule has 0 radical (unpaired) electrons. The maximum Gasteiger partial charge on any atom is 0.243 e. The summed E-state index contributed by atoms with van der Waals surface area (Å²) >= 11 is 0. The van der Waals surface area contributed by atoms with Gasteiger partial charge in [0.2, 0.25) is 11.8 Å². The van der Waals surface area contributed by atoms with Gasteiger partial charge in [-0.05, 0) is 20.3 Å². The molecule has 0 bridgehead atoms. The van der Waals surface area contributed by atoms with Gasteiger partial charge in [0.15, 0.2) is 0 Å². The van der Waals surface area contributed by atoms with Crippen LogP contribution < -0.4 is 10.6 Å². The average molecular weight is 250 g/mol. The van der Waals surface area contributed by atoms with E-state index in [1.54, 1.807) is 0 Å². The molecule has 6 heteroatoms. The Bertz CT molecular complexity index is 493. The van der Waals surface area contributed by atoms with Crippen LogP contribution in [0, 0.1) is 13.8 Å². The second-order valence-electron chi connectivity index (χ2n) is 4.66. The lowest BCUT2D eigenvalue weighted by atomic mass is 10.1. The van der Waals surface area contributed by atoms with Crippen LogP contribution in [-0.2, 0) is 23.2 Å². The third-order valence-corrected chi connectivity index (χ3v) is 3.42. The smallest absolute Gasteiger partial charge is 0.243 e. The van der Waals surface area contributed by atoms with Gasteiger partial charge in [-0.1, -0.05) is 0 Å². The van der Waals surface area contributed by atoms with Gasteiger partial charge in [-0.25, -0.2) is 0 Å². The Labute approximate surface area is 106 Å². The first-order chi connectivity index (χ1) is 8.49. The van der Waals surface area contributed by atoms with E-state index in [-0.39, 0.29) is 17.9 Å². The number of nitrogens with one attached hydrogen (secondary N) is 2. The minimum atomic E-state index is -0.290. The third-order valence-electron chi connectivity index (χ3n) is 3.42. The zero-order valence-corrected chi connectivity index (χ0v) is 10.9. The van der Waals surface area contributed by atoms with Crippen LogP contribution in [0.1, 0.15) is 29.8 Å². The van der Waals surface area contributed by atoms with E-state index in [1.807, 2.05) is 25.6 Å². The van der Waals surface area contributed by atoms with Crippen molar-refractivity contribution in [3.05, 3.63) is 17.0 Å². The van der Waals surface area contributed by atoms with Gasteiger partial charge in [0.1, 0.15) is 0 Å². The van der Waals surface area contributed by atoms with E-state index in [9.17, 15) is 9.59 Å². The molecule has 2 N–H and O–H groups in total. The predicted molar refractivity (Wildman–Crippen MR) is 65.7 cm³/mol. The summed E-state index contributed by atoms with van der Waals surface area (Å²) in [6, 6.07) is -0.290. The van der Waals surface area contributed by atoms with Gasteiger partial charge in [-0.15, -0.1) is 0 Å². The lowest BCUT2D eigenvalue weighted by molar-refractivity contribution is -0.134. The van der Waals surface area contributed by atoms with Crippen molar-refractivity contribution in [1.29, 1.82) is 0 Å². The van der Waals surface area contributed by atoms with Crippen molar-refractivity contribution in [2.24, 2.45) is 7.05 Å². The monoisotopic (exact) mass is 250 g/mol. The van der Waals surface area contributed by atoms with E-state index >= 15 is 0 Å². The Morgan fingerprint density at radius 1 is 1.44 bits per heavy atom. The summed E-state index contributed by atoms with van der Waals surface area (Å²) in [5.41, 5.74) is 3.17. The molecule has 1 unspecified atom stereocenters. The number of hydrogen-bond acceptors (Lipinski definition) is 4. The van der Waals surface area contributed by atoms with Crippen molar-refractivity contribution in [2.75, 3.05) is 0 Å². The van der Waals surface area contributed by atoms with Crippen LogP contribution in [0.4, 0.5) is 0 Å². The van der Waals surface area contributed by atoms with E-state index in [2.05, 4.69) is 15.7 Å². The van der Waals surface area contributed by atoms with Crippen LogP contribution in [0.15, 0.2) is 0 Å². The van der Waals surface area contributed by atoms with Crippen molar-refractivity contribution in [3.63, 3.8) is 0 Å². The second-order valence-corrected chi connectivity index (χ2v) is 4.66. The predicted octanol–water partition coefficient (Wildman–Crippen LogP) is -0.0683. The summed E-state index contributed by atoms with van der Waals surface area (Å²) in [4.78, 5) is 22.6. The third kappa shape index (κ3) is 2.43. The zero-order chi connectivity index (χ0) is 13.3. The van der Waals surface area contributed by atoms with Crippen molar-refractivity contribution in [1.82, 2.24) is 20.4 Å². The van der Waals surface area contributed by atoms with Crippen molar-refractivity contribution < 1.29 is 9.59 Å². The van der Waals surface area contributed by atoms with Crippen LogP contribution in [0.3, 0.4) is 0 Å². The van der Waals surface area contributed by atoms with E-state index in [1.165, 1.54) is 0 Å². The highest BCUT2D eigenvalue weighted by molar-refractivity contribution is 6.00. The summed E-state index contributed by atoms with van der Waals surface area (Å²) in [5, 5.41) is 9.85. The fourth-order valence-corrected chi connectivity index (χ4v) is 2.19. The van der Waals surface area contributed by atoms with Crippen LogP contribution in [0.2, 0.25) is 0 Å². The number of rotatable bonds is 3. The standard InChI is InChI=1S/C12H18N4O2/c1-7-9(8(2)16(3)15-7)6-13-10-4-5-11(17)14-12(10)18/h10,13H,4-6H2,1-3H3,(H,14,17,18). The Kier molecular flexibility index (Phi) is 3.47. The van der Waals surface area contributed by atoms with Crippen molar-refractivity contribution >= 4 is 11.8 Å². The second kappa shape index (κ2) is 4.89. The molecule has 1 aromatic rings. The van der Waals surface area contributed by atoms with E-state index in [4.69, 9.17) is 0 Å². The first-order valence-electron chi connectivity index (χ1n) is 6.05. The maximum atomic E-state index is 11.6. The van der Waals surface area contributed by atoms with E-state index < -0.39 is 0 Å². The summed E-state index contributed by atoms with van der Waals surface area (Å²) < 4.78 is 1.83. The Morgan fingerprint density at radius 3 is 2.72 bits per heavy atom. The molecule has 1 fully saturated rings. The lowest BCUT2D eigenvalue weighted by Gasteiger charge is -2.21. The molecule has 2 amide bonds. The molecule has 1 aliphatic rings. The van der Waals surface area contributed by atoms with Crippen LogP contribution in [0.5, 0.6) is 0 Å². The highest BCUT2D eigenvalue weighted by atomic mass is 16.2. The number of aryl methyl sites for hydroxylation is 2. The van der Waals surface area contributed by atoms with E-state index in [0.29, 0.717) is 19.4 Å². The fraction of sp³-hybridized carbons (Fsp3) is 0.583. The highest BCUT2D eigenvalue weighted by Gasteiger charge is 2.26. The summed E-state index contributed by atoms with van der Waals surface area (Å²) in [7, 11) is 1.90. The molecule has 6 nitrogen and oxygen atoms in total. The van der Waals surface area contributed by atoms with Crippen LogP contribution in [-0.4, -0.2) is 27.6 Å². The molecule has 2 heterocycles. The number of piperidine rings is 1. The molecular weight excluding hydrogens is 232 g/mol. The first kappa shape index (κ1) is 12.8. The molecule has 0 saturated carbocycles. The fourth-order valence-electron chi connectivity index (χ4n) is 2.19. The van der Waals surface area contributed by atoms with Gasteiger partial charge in [-0.3, -0.25) is 19.6 Å². The SMILES string of the molecule is Cc1nn(C)c(C)c1CNC1CCC(=O)NC1=O. The molecule has 2 rings (SSSR count). The van der Waals surface area contributed by atoms with E-state index in [0.717, 1.165) is 17.0 Å². The molecule has 18 heavy (non-hydrogen) atoms. The van der Waals surface area contributed by atoms with Crippen molar-refractivity contribution in [2.45, 2.75) is 39.3 Å².